The summed E-state index contributed by atoms with van der Waals surface area (Å²) in [5, 5.41) is 1.75. The zero-order valence-electron chi connectivity index (χ0n) is 10.3. The Bertz CT molecular complexity index is 731. The van der Waals surface area contributed by atoms with Gasteiger partial charge in [0.15, 0.2) is 5.13 Å². The van der Waals surface area contributed by atoms with E-state index in [0.29, 0.717) is 5.13 Å². The maximum absolute atomic E-state index is 5.73. The van der Waals surface area contributed by atoms with Gasteiger partial charge in [0.2, 0.25) is 0 Å². The van der Waals surface area contributed by atoms with Gasteiger partial charge in [-0.05, 0) is 32.0 Å². The Labute approximate surface area is 109 Å². The molecule has 0 aliphatic rings. The molecule has 0 aliphatic heterocycles. The highest BCUT2D eigenvalue weighted by Gasteiger charge is 2.09. The lowest BCUT2D eigenvalue weighted by molar-refractivity contribution is 1.26. The van der Waals surface area contributed by atoms with E-state index in [1.54, 1.807) is 0 Å². The topological polar surface area (TPSA) is 51.8 Å². The predicted octanol–water partition coefficient (Wildman–Crippen LogP) is 3.56. The second kappa shape index (κ2) is 4.07. The summed E-state index contributed by atoms with van der Waals surface area (Å²) in [6, 6.07) is 10.4. The van der Waals surface area contributed by atoms with Crippen molar-refractivity contribution >= 4 is 27.4 Å². The molecular weight excluding hydrogens is 242 g/mol. The van der Waals surface area contributed by atoms with Gasteiger partial charge in [0.05, 0.1) is 21.8 Å². The fourth-order valence-corrected chi connectivity index (χ4v) is 2.83. The molecule has 4 heteroatoms. The summed E-state index contributed by atoms with van der Waals surface area (Å²) in [7, 11) is 0. The van der Waals surface area contributed by atoms with E-state index in [0.717, 1.165) is 27.2 Å². The highest BCUT2D eigenvalue weighted by molar-refractivity contribution is 7.18. The number of rotatable bonds is 1. The second-order valence-corrected chi connectivity index (χ2v) is 5.39. The normalized spacial score (nSPS) is 11.0. The van der Waals surface area contributed by atoms with Crippen LogP contribution in [-0.4, -0.2) is 9.97 Å². The molecule has 0 fully saturated rings. The van der Waals surface area contributed by atoms with E-state index in [2.05, 4.69) is 35.1 Å². The van der Waals surface area contributed by atoms with Crippen LogP contribution in [0.15, 0.2) is 30.3 Å². The van der Waals surface area contributed by atoms with Crippen molar-refractivity contribution in [1.29, 1.82) is 0 Å². The van der Waals surface area contributed by atoms with Crippen molar-refractivity contribution in [3.63, 3.8) is 0 Å². The van der Waals surface area contributed by atoms with Crippen LogP contribution in [0.4, 0.5) is 5.13 Å². The van der Waals surface area contributed by atoms with E-state index in [-0.39, 0.29) is 0 Å². The van der Waals surface area contributed by atoms with Crippen LogP contribution in [0.1, 0.15) is 11.3 Å². The maximum Gasteiger partial charge on any atom is 0.180 e. The van der Waals surface area contributed by atoms with Crippen molar-refractivity contribution < 1.29 is 0 Å². The standard InChI is InChI=1S/C14H13N3S/c1-8-3-5-11-10(7-8)4-6-12(17-11)13-9(2)16-14(15)18-13/h3-7H,1-2H3,(H2,15,16). The molecule has 3 rings (SSSR count). The SMILES string of the molecule is Cc1ccc2nc(-c3sc(N)nc3C)ccc2c1. The first-order chi connectivity index (χ1) is 8.63. The number of hydrogen-bond donors (Lipinski definition) is 1. The summed E-state index contributed by atoms with van der Waals surface area (Å²) < 4.78 is 0. The Morgan fingerprint density at radius 3 is 2.61 bits per heavy atom. The monoisotopic (exact) mass is 255 g/mol. The quantitative estimate of drug-likeness (QED) is 0.723. The van der Waals surface area contributed by atoms with Crippen LogP contribution in [0.5, 0.6) is 0 Å². The van der Waals surface area contributed by atoms with Gasteiger partial charge < -0.3 is 5.73 Å². The average Bonchev–Trinajstić information content (AvgIpc) is 2.68. The molecule has 0 bridgehead atoms. The number of nitrogens with zero attached hydrogens (tertiary/aromatic N) is 2. The molecule has 2 aromatic heterocycles. The smallest absolute Gasteiger partial charge is 0.180 e. The Balaban J connectivity index is 2.19. The van der Waals surface area contributed by atoms with Crippen LogP contribution in [0.25, 0.3) is 21.5 Å². The summed E-state index contributed by atoms with van der Waals surface area (Å²) in [5.74, 6) is 0. The zero-order valence-corrected chi connectivity index (χ0v) is 11.1. The average molecular weight is 255 g/mol. The van der Waals surface area contributed by atoms with Crippen molar-refractivity contribution in [1.82, 2.24) is 9.97 Å². The molecular formula is C14H13N3S. The molecule has 0 aliphatic carbocycles. The summed E-state index contributed by atoms with van der Waals surface area (Å²) in [6.45, 7) is 4.05. The number of aromatic nitrogens is 2. The van der Waals surface area contributed by atoms with Gasteiger partial charge in [-0.15, -0.1) is 0 Å². The third-order valence-electron chi connectivity index (χ3n) is 2.89. The molecule has 0 radical (unpaired) electrons. The molecule has 90 valence electrons. The van der Waals surface area contributed by atoms with Crippen molar-refractivity contribution in [3.05, 3.63) is 41.6 Å². The molecule has 0 atom stereocenters. The van der Waals surface area contributed by atoms with Crippen LogP contribution >= 0.6 is 11.3 Å². The Hall–Kier alpha value is -1.94. The van der Waals surface area contributed by atoms with E-state index >= 15 is 0 Å². The number of pyridine rings is 1. The summed E-state index contributed by atoms with van der Waals surface area (Å²) >= 11 is 1.48. The van der Waals surface area contributed by atoms with Gasteiger partial charge in [-0.1, -0.05) is 29.0 Å². The minimum Gasteiger partial charge on any atom is -0.375 e. The Morgan fingerprint density at radius 2 is 1.89 bits per heavy atom. The van der Waals surface area contributed by atoms with Crippen LogP contribution in [0, 0.1) is 13.8 Å². The number of fused-ring (bicyclic) bond motifs is 1. The van der Waals surface area contributed by atoms with Crippen LogP contribution < -0.4 is 5.73 Å². The first-order valence-electron chi connectivity index (χ1n) is 5.74. The van der Waals surface area contributed by atoms with E-state index in [1.807, 2.05) is 19.1 Å². The molecule has 1 aromatic carbocycles. The van der Waals surface area contributed by atoms with Crippen LogP contribution in [-0.2, 0) is 0 Å². The largest absolute Gasteiger partial charge is 0.375 e. The molecule has 18 heavy (non-hydrogen) atoms. The highest BCUT2D eigenvalue weighted by atomic mass is 32.1. The van der Waals surface area contributed by atoms with E-state index in [9.17, 15) is 0 Å². The molecule has 2 N–H and O–H groups in total. The molecule has 0 spiro atoms. The van der Waals surface area contributed by atoms with Crippen molar-refractivity contribution in [2.45, 2.75) is 13.8 Å². The fourth-order valence-electron chi connectivity index (χ4n) is 2.03. The lowest BCUT2D eigenvalue weighted by atomic mass is 10.1. The number of nitrogens with two attached hydrogens (primary N) is 1. The van der Waals surface area contributed by atoms with Gasteiger partial charge in [-0.25, -0.2) is 9.97 Å². The van der Waals surface area contributed by atoms with Gasteiger partial charge in [0, 0.05) is 5.39 Å². The lowest BCUT2D eigenvalue weighted by Crippen LogP contribution is -1.86. The van der Waals surface area contributed by atoms with Crippen molar-refractivity contribution in [3.8, 4) is 10.6 Å². The number of benzene rings is 1. The molecule has 0 amide bonds. The van der Waals surface area contributed by atoms with Gasteiger partial charge in [0.1, 0.15) is 0 Å². The zero-order chi connectivity index (χ0) is 12.7. The molecule has 0 saturated heterocycles. The maximum atomic E-state index is 5.73. The van der Waals surface area contributed by atoms with Crippen LogP contribution in [0.3, 0.4) is 0 Å². The Morgan fingerprint density at radius 1 is 1.06 bits per heavy atom. The summed E-state index contributed by atoms with van der Waals surface area (Å²) in [4.78, 5) is 9.96. The molecule has 3 aromatic rings. The third-order valence-corrected chi connectivity index (χ3v) is 3.90. The number of anilines is 1. The molecule has 0 unspecified atom stereocenters. The number of hydrogen-bond acceptors (Lipinski definition) is 4. The number of nitrogen functional groups attached to an aromatic ring is 1. The molecule has 0 saturated carbocycles. The first-order valence-corrected chi connectivity index (χ1v) is 6.56. The molecule has 3 nitrogen and oxygen atoms in total. The van der Waals surface area contributed by atoms with Crippen molar-refractivity contribution in [2.75, 3.05) is 5.73 Å². The summed E-state index contributed by atoms with van der Waals surface area (Å²) in [5.41, 5.74) is 9.86. The first kappa shape index (κ1) is 11.2. The Kier molecular flexibility index (Phi) is 2.52. The van der Waals surface area contributed by atoms with Gasteiger partial charge >= 0.3 is 0 Å². The third kappa shape index (κ3) is 1.84. The predicted molar refractivity (Wildman–Crippen MR) is 76.7 cm³/mol. The fraction of sp³-hybridized carbons (Fsp3) is 0.143. The van der Waals surface area contributed by atoms with E-state index in [1.165, 1.54) is 16.9 Å². The van der Waals surface area contributed by atoms with E-state index in [4.69, 9.17) is 5.73 Å². The lowest BCUT2D eigenvalue weighted by Gasteiger charge is -2.02. The van der Waals surface area contributed by atoms with Gasteiger partial charge in [0.25, 0.3) is 0 Å². The van der Waals surface area contributed by atoms with Crippen molar-refractivity contribution in [2.24, 2.45) is 0 Å². The number of aryl methyl sites for hydroxylation is 2. The van der Waals surface area contributed by atoms with Gasteiger partial charge in [-0.2, -0.15) is 0 Å². The van der Waals surface area contributed by atoms with Crippen LogP contribution in [0.2, 0.25) is 0 Å². The highest BCUT2D eigenvalue weighted by Crippen LogP contribution is 2.31. The minimum atomic E-state index is 0.591. The summed E-state index contributed by atoms with van der Waals surface area (Å²) in [6.07, 6.45) is 0. The number of thiazole rings is 1. The van der Waals surface area contributed by atoms with Gasteiger partial charge in [-0.3, -0.25) is 0 Å². The second-order valence-electron chi connectivity index (χ2n) is 4.36. The van der Waals surface area contributed by atoms with E-state index < -0.39 is 0 Å². The molecule has 2 heterocycles. The minimum absolute atomic E-state index is 0.591.